The highest BCUT2D eigenvalue weighted by atomic mass is 79.9. The topological polar surface area (TPSA) is 73.1 Å². The van der Waals surface area contributed by atoms with Crippen LogP contribution in [0.1, 0.15) is 5.56 Å². The lowest BCUT2D eigenvalue weighted by atomic mass is 10.2. The van der Waals surface area contributed by atoms with Gasteiger partial charge < -0.3 is 5.32 Å². The molecule has 156 valence electrons. The average Bonchev–Trinajstić information content (AvgIpc) is 2.74. The number of nitrogens with zero attached hydrogens (tertiary/aromatic N) is 2. The van der Waals surface area contributed by atoms with Gasteiger partial charge in [0.1, 0.15) is 6.54 Å². The SMILES string of the molecule is Cc1ccccc1NC(=O)Cn1c(=O)n(-c2ccc(Cl)cc2)c(=O)c2cc(Br)ccc21. The highest BCUT2D eigenvalue weighted by Gasteiger charge is 2.17. The van der Waals surface area contributed by atoms with Crippen molar-refractivity contribution in [1.29, 1.82) is 0 Å². The molecule has 1 N–H and O–H groups in total. The summed E-state index contributed by atoms with van der Waals surface area (Å²) in [5, 5.41) is 3.63. The first-order valence-electron chi connectivity index (χ1n) is 9.41. The molecule has 0 saturated carbocycles. The lowest BCUT2D eigenvalue weighted by Crippen LogP contribution is -2.40. The molecule has 0 aliphatic heterocycles. The first-order chi connectivity index (χ1) is 14.8. The maximum Gasteiger partial charge on any atom is 0.336 e. The van der Waals surface area contributed by atoms with Crippen molar-refractivity contribution in [3.05, 3.63) is 103 Å². The second kappa shape index (κ2) is 8.53. The van der Waals surface area contributed by atoms with Gasteiger partial charge in [0.2, 0.25) is 5.91 Å². The van der Waals surface area contributed by atoms with Gasteiger partial charge in [-0.3, -0.25) is 14.2 Å². The number of fused-ring (bicyclic) bond motifs is 1. The fourth-order valence-electron chi connectivity index (χ4n) is 3.36. The Hall–Kier alpha value is -3.16. The number of amides is 1. The van der Waals surface area contributed by atoms with E-state index >= 15 is 0 Å². The number of hydrogen-bond donors (Lipinski definition) is 1. The highest BCUT2D eigenvalue weighted by Crippen LogP contribution is 2.18. The molecule has 0 radical (unpaired) electrons. The minimum Gasteiger partial charge on any atom is -0.324 e. The summed E-state index contributed by atoms with van der Waals surface area (Å²) in [6, 6.07) is 18.8. The maximum absolute atomic E-state index is 13.3. The third kappa shape index (κ3) is 4.19. The number of aromatic nitrogens is 2. The monoisotopic (exact) mass is 497 g/mol. The van der Waals surface area contributed by atoms with E-state index < -0.39 is 11.2 Å². The summed E-state index contributed by atoms with van der Waals surface area (Å²) >= 11 is 9.33. The number of carbonyl (C=O) groups is 1. The summed E-state index contributed by atoms with van der Waals surface area (Å²) in [4.78, 5) is 39.3. The fraction of sp³-hybridized carbons (Fsp3) is 0.0870. The predicted octanol–water partition coefficient (Wildman–Crippen LogP) is 4.52. The van der Waals surface area contributed by atoms with Crippen molar-refractivity contribution in [3.8, 4) is 5.69 Å². The van der Waals surface area contributed by atoms with Gasteiger partial charge in [-0.25, -0.2) is 9.36 Å². The van der Waals surface area contributed by atoms with Gasteiger partial charge in [0.25, 0.3) is 5.56 Å². The fourth-order valence-corrected chi connectivity index (χ4v) is 3.85. The van der Waals surface area contributed by atoms with Crippen molar-refractivity contribution in [1.82, 2.24) is 9.13 Å². The zero-order chi connectivity index (χ0) is 22.1. The third-order valence-electron chi connectivity index (χ3n) is 4.91. The van der Waals surface area contributed by atoms with Gasteiger partial charge in [-0.15, -0.1) is 0 Å². The summed E-state index contributed by atoms with van der Waals surface area (Å²) in [6.45, 7) is 1.63. The van der Waals surface area contributed by atoms with Crippen LogP contribution in [-0.2, 0) is 11.3 Å². The Labute approximate surface area is 190 Å². The molecular weight excluding hydrogens is 482 g/mol. The second-order valence-corrected chi connectivity index (χ2v) is 8.36. The largest absolute Gasteiger partial charge is 0.336 e. The van der Waals surface area contributed by atoms with Gasteiger partial charge >= 0.3 is 5.69 Å². The van der Waals surface area contributed by atoms with Crippen molar-refractivity contribution in [3.63, 3.8) is 0 Å². The smallest absolute Gasteiger partial charge is 0.324 e. The van der Waals surface area contributed by atoms with Crippen LogP contribution in [0, 0.1) is 6.92 Å². The normalized spacial score (nSPS) is 10.9. The van der Waals surface area contributed by atoms with E-state index in [-0.39, 0.29) is 12.5 Å². The minimum atomic E-state index is -0.609. The number of halogens is 2. The zero-order valence-corrected chi connectivity index (χ0v) is 18.8. The Balaban J connectivity index is 1.87. The van der Waals surface area contributed by atoms with Crippen LogP contribution < -0.4 is 16.6 Å². The number of rotatable bonds is 4. The van der Waals surface area contributed by atoms with Gasteiger partial charge in [0.15, 0.2) is 0 Å². The van der Waals surface area contributed by atoms with Gasteiger partial charge in [-0.05, 0) is 61.0 Å². The van der Waals surface area contributed by atoms with E-state index in [0.29, 0.717) is 31.8 Å². The van der Waals surface area contributed by atoms with Gasteiger partial charge in [0.05, 0.1) is 16.6 Å². The first-order valence-corrected chi connectivity index (χ1v) is 10.6. The summed E-state index contributed by atoms with van der Waals surface area (Å²) < 4.78 is 3.03. The molecule has 0 aliphatic carbocycles. The van der Waals surface area contributed by atoms with Crippen molar-refractivity contribution in [2.24, 2.45) is 0 Å². The first kappa shape index (κ1) is 21.1. The number of carbonyl (C=O) groups excluding carboxylic acids is 1. The molecule has 4 rings (SSSR count). The molecule has 3 aromatic carbocycles. The molecule has 0 fully saturated rings. The van der Waals surface area contributed by atoms with E-state index in [9.17, 15) is 14.4 Å². The summed E-state index contributed by atoms with van der Waals surface area (Å²) in [6.07, 6.45) is 0. The Morgan fingerprint density at radius 3 is 2.45 bits per heavy atom. The van der Waals surface area contributed by atoms with Crippen LogP contribution in [-0.4, -0.2) is 15.0 Å². The molecule has 8 heteroatoms. The van der Waals surface area contributed by atoms with Crippen LogP contribution in [0.15, 0.2) is 80.8 Å². The van der Waals surface area contributed by atoms with Crippen molar-refractivity contribution in [2.45, 2.75) is 13.5 Å². The van der Waals surface area contributed by atoms with Crippen LogP contribution in [0.3, 0.4) is 0 Å². The molecule has 1 heterocycles. The maximum atomic E-state index is 13.3. The van der Waals surface area contributed by atoms with E-state index in [2.05, 4.69) is 21.2 Å². The molecule has 0 atom stereocenters. The lowest BCUT2D eigenvalue weighted by Gasteiger charge is -2.15. The second-order valence-electron chi connectivity index (χ2n) is 7.01. The molecule has 0 spiro atoms. The summed E-state index contributed by atoms with van der Waals surface area (Å²) in [7, 11) is 0. The Morgan fingerprint density at radius 2 is 1.74 bits per heavy atom. The van der Waals surface area contributed by atoms with Crippen molar-refractivity contribution >= 4 is 50.0 Å². The Bertz CT molecular complexity index is 1430. The van der Waals surface area contributed by atoms with Crippen molar-refractivity contribution in [2.75, 3.05) is 5.32 Å². The van der Waals surface area contributed by atoms with E-state index in [4.69, 9.17) is 11.6 Å². The molecule has 0 bridgehead atoms. The molecule has 0 aliphatic rings. The van der Waals surface area contributed by atoms with Crippen molar-refractivity contribution < 1.29 is 4.79 Å². The molecular formula is C23H17BrClN3O3. The zero-order valence-electron chi connectivity index (χ0n) is 16.4. The Kier molecular flexibility index (Phi) is 5.80. The van der Waals surface area contributed by atoms with Gasteiger partial charge in [-0.2, -0.15) is 0 Å². The van der Waals surface area contributed by atoms with Crippen LogP contribution in [0.25, 0.3) is 16.6 Å². The summed E-state index contributed by atoms with van der Waals surface area (Å²) in [5.41, 5.74) is 1.24. The Morgan fingerprint density at radius 1 is 1.03 bits per heavy atom. The lowest BCUT2D eigenvalue weighted by molar-refractivity contribution is -0.116. The molecule has 0 unspecified atom stereocenters. The standard InChI is InChI=1S/C23H17BrClN3O3/c1-14-4-2-3-5-19(14)26-21(29)13-27-20-11-6-15(24)12-18(20)22(30)28(23(27)31)17-9-7-16(25)8-10-17/h2-12H,13H2,1H3,(H,26,29). The number of nitrogens with one attached hydrogen (secondary N) is 1. The summed E-state index contributed by atoms with van der Waals surface area (Å²) in [5.74, 6) is -0.373. The van der Waals surface area contributed by atoms with Gasteiger partial charge in [0, 0.05) is 15.2 Å². The van der Waals surface area contributed by atoms with E-state index in [0.717, 1.165) is 10.1 Å². The van der Waals surface area contributed by atoms with Crippen LogP contribution in [0.2, 0.25) is 5.02 Å². The predicted molar refractivity (Wildman–Crippen MR) is 126 cm³/mol. The molecule has 1 aromatic heterocycles. The molecule has 0 saturated heterocycles. The van der Waals surface area contributed by atoms with Crippen LogP contribution in [0.4, 0.5) is 5.69 Å². The number of anilines is 1. The number of hydrogen-bond acceptors (Lipinski definition) is 3. The minimum absolute atomic E-state index is 0.251. The van der Waals surface area contributed by atoms with Crippen LogP contribution >= 0.6 is 27.5 Å². The number of aryl methyl sites for hydroxylation is 1. The number of benzene rings is 3. The molecule has 6 nitrogen and oxygen atoms in total. The van der Waals surface area contributed by atoms with E-state index in [1.165, 1.54) is 4.57 Å². The molecule has 31 heavy (non-hydrogen) atoms. The van der Waals surface area contributed by atoms with E-state index in [1.54, 1.807) is 48.5 Å². The van der Waals surface area contributed by atoms with Crippen LogP contribution in [0.5, 0.6) is 0 Å². The number of para-hydroxylation sites is 1. The quantitative estimate of drug-likeness (QED) is 0.450. The van der Waals surface area contributed by atoms with E-state index in [1.807, 2.05) is 25.1 Å². The third-order valence-corrected chi connectivity index (χ3v) is 5.66. The average molecular weight is 499 g/mol. The highest BCUT2D eigenvalue weighted by molar-refractivity contribution is 9.10. The van der Waals surface area contributed by atoms with Gasteiger partial charge in [-0.1, -0.05) is 45.7 Å². The molecule has 4 aromatic rings. The molecule has 1 amide bonds.